The van der Waals surface area contributed by atoms with Crippen LogP contribution >= 0.6 is 0 Å². The van der Waals surface area contributed by atoms with Crippen molar-refractivity contribution in [3.8, 4) is 0 Å². The van der Waals surface area contributed by atoms with Crippen molar-refractivity contribution >= 4 is 11.9 Å². The third-order valence-corrected chi connectivity index (χ3v) is 0.221. The summed E-state index contributed by atoms with van der Waals surface area (Å²) in [5.41, 5.74) is 0. The Morgan fingerprint density at radius 1 is 1.20 bits per heavy atom. The van der Waals surface area contributed by atoms with Crippen LogP contribution in [0.25, 0.3) is 0 Å². The highest BCUT2D eigenvalue weighted by Gasteiger charge is 2.04. The van der Waals surface area contributed by atoms with Crippen molar-refractivity contribution in [3.05, 3.63) is 0 Å². The van der Waals surface area contributed by atoms with E-state index < -0.39 is 18.2 Å². The fourth-order valence-electron chi connectivity index (χ4n) is 0. The Hall–Kier alpha value is -1.14. The first-order valence-electron chi connectivity index (χ1n) is 2.16. The smallest absolute Gasteiger partial charge is 0.360 e. The molecule has 0 radical (unpaired) electrons. The number of hydrogen-bond acceptors (Lipinski definition) is 4. The molecule has 0 fully saturated rings. The number of aliphatic hydroxyl groups is 2. The summed E-state index contributed by atoms with van der Waals surface area (Å²) >= 11 is 0. The Balaban J connectivity index is 0. The first kappa shape index (κ1) is 11.6. The van der Waals surface area contributed by atoms with Gasteiger partial charge in [0, 0.05) is 6.92 Å². The third-order valence-electron chi connectivity index (χ3n) is 0.221. The number of hydrogen-bond donors (Lipinski definition) is 4. The highest BCUT2D eigenvalue weighted by Crippen LogP contribution is 1.67. The Morgan fingerprint density at radius 3 is 1.30 bits per heavy atom. The number of carboxylic acids is 2. The van der Waals surface area contributed by atoms with E-state index in [-0.39, 0.29) is 0 Å². The molecule has 0 spiro atoms. The number of carboxylic acid groups (broad SMARTS) is 2. The summed E-state index contributed by atoms with van der Waals surface area (Å²) in [4.78, 5) is 18.2. The summed E-state index contributed by atoms with van der Waals surface area (Å²) in [5, 5.41) is 30.1. The van der Waals surface area contributed by atoms with Gasteiger partial charge in [0.1, 0.15) is 0 Å². The predicted octanol–water partition coefficient (Wildman–Crippen LogP) is -1.53. The molecule has 0 atom stereocenters. The average molecular weight is 152 g/mol. The number of rotatable bonds is 1. The van der Waals surface area contributed by atoms with Crippen LogP contribution in [0.2, 0.25) is 0 Å². The standard InChI is InChI=1S/C2H4O4.C2H4O2/c3-1(4)2(5)6;1-2(3)4/h1,3-4H,(H,5,6);1H3,(H,3,4). The van der Waals surface area contributed by atoms with E-state index >= 15 is 0 Å². The first-order valence-corrected chi connectivity index (χ1v) is 2.16. The topological polar surface area (TPSA) is 115 Å². The van der Waals surface area contributed by atoms with Crippen LogP contribution in [0.4, 0.5) is 0 Å². The van der Waals surface area contributed by atoms with Crippen LogP contribution in [0.15, 0.2) is 0 Å². The molecule has 0 aliphatic rings. The molecule has 0 aromatic carbocycles. The van der Waals surface area contributed by atoms with E-state index in [4.69, 9.17) is 25.2 Å². The van der Waals surface area contributed by atoms with Gasteiger partial charge in [-0.3, -0.25) is 4.79 Å². The monoisotopic (exact) mass is 152 g/mol. The van der Waals surface area contributed by atoms with Crippen LogP contribution < -0.4 is 0 Å². The lowest BCUT2D eigenvalue weighted by atomic mass is 10.7. The quantitative estimate of drug-likeness (QED) is 0.339. The van der Waals surface area contributed by atoms with Gasteiger partial charge >= 0.3 is 5.97 Å². The third kappa shape index (κ3) is 28.8. The summed E-state index contributed by atoms with van der Waals surface area (Å²) in [7, 11) is 0. The second kappa shape index (κ2) is 5.99. The van der Waals surface area contributed by atoms with Gasteiger partial charge in [-0.05, 0) is 0 Å². The fraction of sp³-hybridized carbons (Fsp3) is 0.500. The Kier molecular flexibility index (Phi) is 6.96. The van der Waals surface area contributed by atoms with Gasteiger partial charge in [-0.2, -0.15) is 0 Å². The predicted molar refractivity (Wildman–Crippen MR) is 29.2 cm³/mol. The molecule has 0 saturated carbocycles. The van der Waals surface area contributed by atoms with Gasteiger partial charge in [0.15, 0.2) is 0 Å². The number of aliphatic carboxylic acids is 2. The highest BCUT2D eigenvalue weighted by molar-refractivity contribution is 5.69. The molecule has 10 heavy (non-hydrogen) atoms. The van der Waals surface area contributed by atoms with Crippen molar-refractivity contribution in [2.45, 2.75) is 13.2 Å². The molecule has 0 aromatic heterocycles. The maximum absolute atomic E-state index is 9.20. The van der Waals surface area contributed by atoms with Crippen LogP contribution in [0.5, 0.6) is 0 Å². The molecule has 0 rings (SSSR count). The van der Waals surface area contributed by atoms with E-state index in [2.05, 4.69) is 0 Å². The lowest BCUT2D eigenvalue weighted by Gasteiger charge is -1.88. The van der Waals surface area contributed by atoms with Gasteiger partial charge < -0.3 is 20.4 Å². The van der Waals surface area contributed by atoms with E-state index in [1.807, 2.05) is 0 Å². The van der Waals surface area contributed by atoms with E-state index in [1.165, 1.54) is 0 Å². The van der Waals surface area contributed by atoms with Crippen LogP contribution in [-0.2, 0) is 9.59 Å². The summed E-state index contributed by atoms with van der Waals surface area (Å²) in [6, 6.07) is 0. The van der Waals surface area contributed by atoms with Crippen molar-refractivity contribution < 1.29 is 30.0 Å². The molecule has 6 nitrogen and oxygen atoms in total. The van der Waals surface area contributed by atoms with E-state index in [9.17, 15) is 4.79 Å². The molecule has 6 heteroatoms. The van der Waals surface area contributed by atoms with Crippen LogP contribution in [-0.4, -0.2) is 38.7 Å². The summed E-state index contributed by atoms with van der Waals surface area (Å²) < 4.78 is 0. The minimum absolute atomic E-state index is 0.833. The van der Waals surface area contributed by atoms with Crippen molar-refractivity contribution in [2.75, 3.05) is 0 Å². The zero-order valence-corrected chi connectivity index (χ0v) is 5.18. The lowest BCUT2D eigenvalue weighted by molar-refractivity contribution is -0.165. The number of carbonyl (C=O) groups is 2. The van der Waals surface area contributed by atoms with Crippen LogP contribution in [0, 0.1) is 0 Å². The molecule has 0 aliphatic carbocycles. The Bertz CT molecular complexity index is 113. The molecule has 0 bridgehead atoms. The van der Waals surface area contributed by atoms with E-state index in [1.54, 1.807) is 0 Å². The van der Waals surface area contributed by atoms with Gasteiger partial charge in [0.2, 0.25) is 0 Å². The van der Waals surface area contributed by atoms with E-state index in [0.717, 1.165) is 6.92 Å². The fourth-order valence-corrected chi connectivity index (χ4v) is 0. The molecule has 0 amide bonds. The minimum atomic E-state index is -2.23. The van der Waals surface area contributed by atoms with Crippen molar-refractivity contribution in [2.24, 2.45) is 0 Å². The molecule has 60 valence electrons. The molecule has 0 heterocycles. The minimum Gasteiger partial charge on any atom is -0.481 e. The largest absolute Gasteiger partial charge is 0.481 e. The summed E-state index contributed by atoms with van der Waals surface area (Å²) in [5.74, 6) is -2.46. The molecule has 0 unspecified atom stereocenters. The van der Waals surface area contributed by atoms with Crippen molar-refractivity contribution in [1.29, 1.82) is 0 Å². The number of aliphatic hydroxyl groups excluding tert-OH is 1. The maximum Gasteiger partial charge on any atom is 0.360 e. The lowest BCUT2D eigenvalue weighted by Crippen LogP contribution is -2.17. The molecular formula is C4H8O6. The van der Waals surface area contributed by atoms with Gasteiger partial charge in [0.05, 0.1) is 0 Å². The SMILES string of the molecule is CC(=O)O.O=C(O)C(O)O. The van der Waals surface area contributed by atoms with Gasteiger partial charge in [-0.1, -0.05) is 0 Å². The zero-order chi connectivity index (χ0) is 8.73. The first-order chi connectivity index (χ1) is 4.37. The second-order valence-electron chi connectivity index (χ2n) is 1.23. The molecule has 0 aliphatic heterocycles. The van der Waals surface area contributed by atoms with Crippen molar-refractivity contribution in [1.82, 2.24) is 0 Å². The van der Waals surface area contributed by atoms with Crippen LogP contribution in [0.1, 0.15) is 6.92 Å². The Labute approximate surface area is 56.3 Å². The van der Waals surface area contributed by atoms with E-state index in [0.29, 0.717) is 0 Å². The van der Waals surface area contributed by atoms with Gasteiger partial charge in [-0.25, -0.2) is 4.79 Å². The molecule has 0 saturated heterocycles. The summed E-state index contributed by atoms with van der Waals surface area (Å²) in [6.07, 6.45) is -2.23. The second-order valence-corrected chi connectivity index (χ2v) is 1.23. The molecule has 4 N–H and O–H groups in total. The van der Waals surface area contributed by atoms with Gasteiger partial charge in [-0.15, -0.1) is 0 Å². The Morgan fingerprint density at radius 2 is 1.30 bits per heavy atom. The average Bonchev–Trinajstić information content (AvgIpc) is 1.63. The van der Waals surface area contributed by atoms with Crippen LogP contribution in [0.3, 0.4) is 0 Å². The summed E-state index contributed by atoms with van der Waals surface area (Å²) in [6.45, 7) is 1.08. The normalized spacial score (nSPS) is 8.00. The van der Waals surface area contributed by atoms with Gasteiger partial charge in [0.25, 0.3) is 12.3 Å². The maximum atomic E-state index is 9.20. The molecular weight excluding hydrogens is 144 g/mol. The molecule has 0 aromatic rings. The highest BCUT2D eigenvalue weighted by atomic mass is 16.5. The zero-order valence-electron chi connectivity index (χ0n) is 5.18. The van der Waals surface area contributed by atoms with Crippen molar-refractivity contribution in [3.63, 3.8) is 0 Å².